The summed E-state index contributed by atoms with van der Waals surface area (Å²) in [6.07, 6.45) is 0. The molecule has 27 heavy (non-hydrogen) atoms. The fraction of sp³-hybridized carbons (Fsp3) is 0. The summed E-state index contributed by atoms with van der Waals surface area (Å²) in [6, 6.07) is 20.8. The average Bonchev–Trinajstić information content (AvgIpc) is 2.62. The highest BCUT2D eigenvalue weighted by molar-refractivity contribution is 7.79. The van der Waals surface area contributed by atoms with E-state index in [0.717, 1.165) is 15.9 Å². The monoisotopic (exact) mass is 418 g/mol. The van der Waals surface area contributed by atoms with Gasteiger partial charge in [0.15, 0.2) is 0 Å². The molecular formula is C18H13O6P3-4. The van der Waals surface area contributed by atoms with Crippen molar-refractivity contribution in [2.24, 2.45) is 0 Å². The molecular weight excluding hydrogens is 405 g/mol. The molecule has 0 aliphatic heterocycles. The molecule has 0 fully saturated rings. The number of hydrogen-bond donors (Lipinski definition) is 0. The molecule has 3 aromatic carbocycles. The van der Waals surface area contributed by atoms with Crippen molar-refractivity contribution in [3.63, 3.8) is 0 Å². The molecule has 0 bridgehead atoms. The Morgan fingerprint density at radius 3 is 1.11 bits per heavy atom. The topological polar surface area (TPSA) is 138 Å². The minimum atomic E-state index is -4.83. The van der Waals surface area contributed by atoms with Crippen LogP contribution in [0.25, 0.3) is 0 Å². The molecule has 0 radical (unpaired) electrons. The largest absolute Gasteiger partial charge is 0.684 e. The summed E-state index contributed by atoms with van der Waals surface area (Å²) in [5.41, 5.74) is 0. The van der Waals surface area contributed by atoms with E-state index in [1.54, 1.807) is 24.3 Å². The Bertz CT molecular complexity index is 830. The highest BCUT2D eigenvalue weighted by atomic mass is 31.2. The normalized spacial score (nSPS) is 12.4. The van der Waals surface area contributed by atoms with E-state index in [2.05, 4.69) is 0 Å². The van der Waals surface area contributed by atoms with Gasteiger partial charge < -0.3 is 29.4 Å². The van der Waals surface area contributed by atoms with Crippen molar-refractivity contribution in [3.8, 4) is 0 Å². The van der Waals surface area contributed by atoms with E-state index in [9.17, 15) is 29.4 Å². The lowest BCUT2D eigenvalue weighted by atomic mass is 10.3. The summed E-state index contributed by atoms with van der Waals surface area (Å²) < 4.78 is 0. The molecule has 6 nitrogen and oxygen atoms in total. The Morgan fingerprint density at radius 1 is 0.444 bits per heavy atom. The van der Waals surface area contributed by atoms with Gasteiger partial charge in [0.05, 0.1) is 10.6 Å². The van der Waals surface area contributed by atoms with Crippen LogP contribution in [0.3, 0.4) is 0 Å². The number of benzene rings is 3. The van der Waals surface area contributed by atoms with Gasteiger partial charge in [-0.05, 0) is 72.4 Å². The summed E-state index contributed by atoms with van der Waals surface area (Å²) in [4.78, 5) is 67.1. The Morgan fingerprint density at radius 2 is 0.778 bits per heavy atom. The zero-order valence-corrected chi connectivity index (χ0v) is 16.5. The molecule has 0 spiro atoms. The van der Waals surface area contributed by atoms with Crippen molar-refractivity contribution >= 4 is 50.3 Å². The van der Waals surface area contributed by atoms with E-state index in [1.807, 2.05) is 30.3 Å². The molecule has 3 rings (SSSR count). The summed E-state index contributed by atoms with van der Waals surface area (Å²) >= 11 is 0. The molecule has 0 aliphatic rings. The van der Waals surface area contributed by atoms with Crippen LogP contribution in [-0.2, 0) is 0 Å². The standard InChI is InChI=1S/C18H17O6P3/c19-26(20,21)17-10-6-15(7-11-17)25(14-4-2-1-3-5-14)16-8-12-18(13-9-16)27(22,23)24/h1-13H,(H2,19,20,21)(H2,22,23,24)/p-4. The smallest absolute Gasteiger partial charge is 0.0764 e. The van der Waals surface area contributed by atoms with Gasteiger partial charge >= 0.3 is 0 Å². The van der Waals surface area contributed by atoms with Gasteiger partial charge in [-0.2, -0.15) is 0 Å². The first-order chi connectivity index (χ1) is 12.7. The summed E-state index contributed by atoms with van der Waals surface area (Å²) in [5, 5.41) is 1.95. The van der Waals surface area contributed by atoms with Gasteiger partial charge in [0.1, 0.15) is 0 Å². The molecule has 0 amide bonds. The van der Waals surface area contributed by atoms with Crippen molar-refractivity contribution in [2.45, 2.75) is 0 Å². The van der Waals surface area contributed by atoms with E-state index in [-0.39, 0.29) is 10.6 Å². The van der Waals surface area contributed by atoms with E-state index in [1.165, 1.54) is 24.3 Å². The zero-order valence-electron chi connectivity index (χ0n) is 13.8. The molecule has 0 aromatic heterocycles. The van der Waals surface area contributed by atoms with Crippen LogP contribution >= 0.6 is 23.8 Å². The molecule has 3 aromatic rings. The maximum atomic E-state index is 11.2. The number of rotatable bonds is 5. The molecule has 0 unspecified atom stereocenters. The van der Waals surface area contributed by atoms with Crippen LogP contribution in [0.2, 0.25) is 0 Å². The minimum Gasteiger partial charge on any atom is -0.684 e. The first-order valence-corrected chi connectivity index (χ1v) is 12.2. The van der Waals surface area contributed by atoms with Crippen LogP contribution in [0, 0.1) is 0 Å². The van der Waals surface area contributed by atoms with Crippen molar-refractivity contribution in [3.05, 3.63) is 78.9 Å². The summed E-state index contributed by atoms with van der Waals surface area (Å²) in [6.45, 7) is 0. The second kappa shape index (κ2) is 7.98. The van der Waals surface area contributed by atoms with Crippen LogP contribution in [0.1, 0.15) is 0 Å². The molecule has 0 aliphatic carbocycles. The van der Waals surface area contributed by atoms with E-state index in [4.69, 9.17) is 0 Å². The van der Waals surface area contributed by atoms with Gasteiger partial charge in [-0.25, -0.2) is 0 Å². The molecule has 9 heteroatoms. The summed E-state index contributed by atoms with van der Waals surface area (Å²) in [7, 11) is -10.8. The fourth-order valence-corrected chi connectivity index (χ4v) is 5.88. The van der Waals surface area contributed by atoms with Gasteiger partial charge in [0.2, 0.25) is 0 Å². The Balaban J connectivity index is 2.05. The maximum absolute atomic E-state index is 11.2. The van der Waals surface area contributed by atoms with Gasteiger partial charge in [0.25, 0.3) is 0 Å². The molecule has 0 N–H and O–H groups in total. The second-order valence-corrected chi connectivity index (χ2v) is 10.9. The Hall–Kier alpha value is -1.29. The average molecular weight is 418 g/mol. The first kappa shape index (κ1) is 20.4. The van der Waals surface area contributed by atoms with Crippen LogP contribution in [0.5, 0.6) is 0 Å². The highest BCUT2D eigenvalue weighted by Gasteiger charge is 2.18. The van der Waals surface area contributed by atoms with Crippen LogP contribution in [0.4, 0.5) is 0 Å². The third kappa shape index (κ3) is 4.96. The maximum Gasteiger partial charge on any atom is 0.0764 e. The lowest BCUT2D eigenvalue weighted by Gasteiger charge is -2.41. The predicted molar refractivity (Wildman–Crippen MR) is 98.3 cm³/mol. The van der Waals surface area contributed by atoms with Crippen molar-refractivity contribution in [2.75, 3.05) is 0 Å². The van der Waals surface area contributed by atoms with Gasteiger partial charge in [-0.15, -0.1) is 15.9 Å². The molecule has 140 valence electrons. The lowest BCUT2D eigenvalue weighted by molar-refractivity contribution is -0.423. The minimum absolute atomic E-state index is 0.289. The molecule has 0 atom stereocenters. The van der Waals surface area contributed by atoms with E-state index in [0.29, 0.717) is 0 Å². The van der Waals surface area contributed by atoms with Crippen LogP contribution in [-0.4, -0.2) is 0 Å². The SMILES string of the molecule is [O-][P+]([O-])([O-])c1ccc(P(c2ccccc2)c2ccc([P+]([O-])([O-])[O-])cc2)cc1. The first-order valence-electron chi connectivity index (χ1n) is 7.77. The predicted octanol–water partition coefficient (Wildman–Crippen LogP) is -3.62. The van der Waals surface area contributed by atoms with E-state index < -0.39 is 23.8 Å². The Kier molecular flexibility index (Phi) is 6.05. The van der Waals surface area contributed by atoms with Crippen molar-refractivity contribution in [1.82, 2.24) is 0 Å². The van der Waals surface area contributed by atoms with Gasteiger partial charge in [-0.1, -0.05) is 30.3 Å². The van der Waals surface area contributed by atoms with Gasteiger partial charge in [0, 0.05) is 0 Å². The Labute approximate surface area is 158 Å². The van der Waals surface area contributed by atoms with Crippen molar-refractivity contribution < 1.29 is 29.4 Å². The fourth-order valence-electron chi connectivity index (χ4n) is 2.59. The van der Waals surface area contributed by atoms with Crippen LogP contribution < -0.4 is 55.9 Å². The molecule has 0 saturated heterocycles. The zero-order chi connectivity index (χ0) is 19.7. The van der Waals surface area contributed by atoms with Crippen LogP contribution in [0.15, 0.2) is 78.9 Å². The van der Waals surface area contributed by atoms with Gasteiger partial charge in [-0.3, -0.25) is 0 Å². The third-order valence-electron chi connectivity index (χ3n) is 3.86. The van der Waals surface area contributed by atoms with E-state index >= 15 is 0 Å². The lowest BCUT2D eigenvalue weighted by Crippen LogP contribution is -2.41. The second-order valence-electron chi connectivity index (χ2n) is 5.70. The molecule has 0 saturated carbocycles. The van der Waals surface area contributed by atoms with Crippen molar-refractivity contribution in [1.29, 1.82) is 0 Å². The quantitative estimate of drug-likeness (QED) is 0.392. The number of hydrogen-bond acceptors (Lipinski definition) is 6. The summed E-state index contributed by atoms with van der Waals surface area (Å²) in [5.74, 6) is 0. The highest BCUT2D eigenvalue weighted by Crippen LogP contribution is 2.34. The third-order valence-corrected chi connectivity index (χ3v) is 8.17. The molecule has 0 heterocycles.